The van der Waals surface area contributed by atoms with E-state index in [4.69, 9.17) is 0 Å². The number of hydrogen-bond donors (Lipinski definition) is 1. The Hall–Kier alpha value is -1.28. The van der Waals surface area contributed by atoms with Crippen molar-refractivity contribution in [2.45, 2.75) is 39.8 Å². The van der Waals surface area contributed by atoms with Gasteiger partial charge < -0.3 is 9.67 Å². The Labute approximate surface area is 96.5 Å². The highest BCUT2D eigenvalue weighted by molar-refractivity contribution is 5.87. The van der Waals surface area contributed by atoms with Crippen LogP contribution in [-0.2, 0) is 12.1 Å². The van der Waals surface area contributed by atoms with Crippen molar-refractivity contribution in [3.63, 3.8) is 0 Å². The second-order valence-electron chi connectivity index (χ2n) is 4.86. The van der Waals surface area contributed by atoms with Crippen LogP contribution in [0.25, 0.3) is 10.9 Å². The minimum Gasteiger partial charge on any atom is -0.386 e. The van der Waals surface area contributed by atoms with Crippen LogP contribution in [-0.4, -0.2) is 9.67 Å². The third kappa shape index (κ3) is 1.63. The Balaban J connectivity index is 2.84. The molecule has 2 heteroatoms. The molecule has 0 aliphatic carbocycles. The summed E-state index contributed by atoms with van der Waals surface area (Å²) in [5.41, 5.74) is 2.72. The van der Waals surface area contributed by atoms with Gasteiger partial charge in [0.1, 0.15) is 0 Å². The number of aryl methyl sites for hydroxylation is 2. The van der Waals surface area contributed by atoms with Gasteiger partial charge in [0.25, 0.3) is 0 Å². The van der Waals surface area contributed by atoms with E-state index in [1.165, 1.54) is 11.1 Å². The fourth-order valence-electron chi connectivity index (χ4n) is 2.28. The van der Waals surface area contributed by atoms with Gasteiger partial charge >= 0.3 is 0 Å². The monoisotopic (exact) mass is 217 g/mol. The molecule has 1 aromatic heterocycles. The summed E-state index contributed by atoms with van der Waals surface area (Å²) in [5, 5.41) is 11.3. The lowest BCUT2D eigenvalue weighted by atomic mass is 9.97. The Morgan fingerprint density at radius 2 is 2.00 bits per heavy atom. The van der Waals surface area contributed by atoms with Crippen LogP contribution in [0.15, 0.2) is 24.4 Å². The highest BCUT2D eigenvalue weighted by Crippen LogP contribution is 2.31. The van der Waals surface area contributed by atoms with Crippen molar-refractivity contribution in [1.29, 1.82) is 0 Å². The van der Waals surface area contributed by atoms with Gasteiger partial charge in [0.05, 0.1) is 11.1 Å². The van der Waals surface area contributed by atoms with Crippen LogP contribution >= 0.6 is 0 Å². The van der Waals surface area contributed by atoms with Gasteiger partial charge in [-0.2, -0.15) is 0 Å². The number of fused-ring (bicyclic) bond motifs is 1. The van der Waals surface area contributed by atoms with Crippen LogP contribution in [0.5, 0.6) is 0 Å². The molecule has 0 radical (unpaired) electrons. The first-order valence-corrected chi connectivity index (χ1v) is 5.76. The molecule has 0 unspecified atom stereocenters. The van der Waals surface area contributed by atoms with Gasteiger partial charge in [-0.05, 0) is 33.3 Å². The lowest BCUT2D eigenvalue weighted by Gasteiger charge is -2.16. The van der Waals surface area contributed by atoms with Crippen LogP contribution in [0.3, 0.4) is 0 Å². The van der Waals surface area contributed by atoms with Gasteiger partial charge in [-0.25, -0.2) is 0 Å². The molecule has 0 spiro atoms. The molecule has 0 atom stereocenters. The van der Waals surface area contributed by atoms with E-state index in [1.807, 2.05) is 19.9 Å². The van der Waals surface area contributed by atoms with Crippen molar-refractivity contribution in [1.82, 2.24) is 4.57 Å². The third-order valence-corrected chi connectivity index (χ3v) is 3.10. The lowest BCUT2D eigenvalue weighted by molar-refractivity contribution is 0.0800. The zero-order valence-electron chi connectivity index (χ0n) is 10.4. The number of para-hydroxylation sites is 1. The average molecular weight is 217 g/mol. The smallest absolute Gasteiger partial charge is 0.0861 e. The van der Waals surface area contributed by atoms with Gasteiger partial charge in [0.2, 0.25) is 0 Å². The summed E-state index contributed by atoms with van der Waals surface area (Å²) in [5.74, 6) is 0. The predicted molar refractivity (Wildman–Crippen MR) is 67.6 cm³/mol. The number of benzene rings is 1. The normalized spacial score (nSPS) is 12.3. The zero-order valence-corrected chi connectivity index (χ0v) is 10.4. The van der Waals surface area contributed by atoms with Crippen molar-refractivity contribution in [2.75, 3.05) is 0 Å². The summed E-state index contributed by atoms with van der Waals surface area (Å²) in [4.78, 5) is 0. The van der Waals surface area contributed by atoms with E-state index >= 15 is 0 Å². The molecule has 0 bridgehead atoms. The second-order valence-corrected chi connectivity index (χ2v) is 4.86. The van der Waals surface area contributed by atoms with Gasteiger partial charge in [0.15, 0.2) is 0 Å². The minimum absolute atomic E-state index is 0.785. The Morgan fingerprint density at radius 1 is 1.31 bits per heavy atom. The van der Waals surface area contributed by atoms with E-state index in [-0.39, 0.29) is 0 Å². The van der Waals surface area contributed by atoms with Crippen LogP contribution in [0.2, 0.25) is 0 Å². The SMILES string of the molecule is CCn1cc(C(C)(C)O)c2cccc(C)c21. The molecule has 0 fully saturated rings. The highest BCUT2D eigenvalue weighted by atomic mass is 16.3. The largest absolute Gasteiger partial charge is 0.386 e. The van der Waals surface area contributed by atoms with E-state index < -0.39 is 5.60 Å². The topological polar surface area (TPSA) is 25.2 Å². The van der Waals surface area contributed by atoms with Crippen molar-refractivity contribution < 1.29 is 5.11 Å². The summed E-state index contributed by atoms with van der Waals surface area (Å²) in [7, 11) is 0. The predicted octanol–water partition coefficient (Wildman–Crippen LogP) is 3.20. The molecule has 2 rings (SSSR count). The molecule has 0 amide bonds. The third-order valence-electron chi connectivity index (χ3n) is 3.10. The maximum absolute atomic E-state index is 10.2. The Morgan fingerprint density at radius 3 is 2.56 bits per heavy atom. The van der Waals surface area contributed by atoms with Crippen molar-refractivity contribution in [3.05, 3.63) is 35.5 Å². The summed E-state index contributed by atoms with van der Waals surface area (Å²) < 4.78 is 2.21. The first kappa shape index (κ1) is 11.2. The van der Waals surface area contributed by atoms with E-state index in [0.29, 0.717) is 0 Å². The second kappa shape index (κ2) is 3.63. The fourth-order valence-corrected chi connectivity index (χ4v) is 2.28. The molecule has 0 saturated carbocycles. The van der Waals surface area contributed by atoms with E-state index in [0.717, 1.165) is 17.5 Å². The molecule has 0 aliphatic rings. The van der Waals surface area contributed by atoms with E-state index in [2.05, 4.69) is 36.7 Å². The summed E-state index contributed by atoms with van der Waals surface area (Å²) in [6.45, 7) is 8.84. The molecule has 1 N–H and O–H groups in total. The van der Waals surface area contributed by atoms with E-state index in [9.17, 15) is 5.11 Å². The summed E-state index contributed by atoms with van der Waals surface area (Å²) in [6, 6.07) is 6.25. The number of aromatic nitrogens is 1. The highest BCUT2D eigenvalue weighted by Gasteiger charge is 2.22. The zero-order chi connectivity index (χ0) is 11.9. The number of rotatable bonds is 2. The van der Waals surface area contributed by atoms with Crippen LogP contribution in [0, 0.1) is 6.92 Å². The molecular formula is C14H19NO. The summed E-state index contributed by atoms with van der Waals surface area (Å²) in [6.07, 6.45) is 2.07. The molecule has 1 aromatic carbocycles. The molecule has 0 aliphatic heterocycles. The maximum Gasteiger partial charge on any atom is 0.0861 e. The molecule has 2 nitrogen and oxygen atoms in total. The average Bonchev–Trinajstić information content (AvgIpc) is 2.57. The van der Waals surface area contributed by atoms with E-state index in [1.54, 1.807) is 0 Å². The van der Waals surface area contributed by atoms with Crippen LogP contribution < -0.4 is 0 Å². The maximum atomic E-state index is 10.2. The van der Waals surface area contributed by atoms with Gasteiger partial charge in [-0.15, -0.1) is 0 Å². The lowest BCUT2D eigenvalue weighted by Crippen LogP contribution is -2.14. The minimum atomic E-state index is -0.785. The van der Waals surface area contributed by atoms with Gasteiger partial charge in [0, 0.05) is 23.7 Å². The number of aliphatic hydroxyl groups is 1. The number of hydrogen-bond acceptors (Lipinski definition) is 1. The summed E-state index contributed by atoms with van der Waals surface area (Å²) >= 11 is 0. The Kier molecular flexibility index (Phi) is 2.55. The van der Waals surface area contributed by atoms with Crippen molar-refractivity contribution in [2.24, 2.45) is 0 Å². The van der Waals surface area contributed by atoms with Crippen molar-refractivity contribution in [3.8, 4) is 0 Å². The van der Waals surface area contributed by atoms with Crippen molar-refractivity contribution >= 4 is 10.9 Å². The molecule has 86 valence electrons. The first-order valence-electron chi connectivity index (χ1n) is 5.76. The molecular weight excluding hydrogens is 198 g/mol. The van der Waals surface area contributed by atoms with Gasteiger partial charge in [-0.3, -0.25) is 0 Å². The molecule has 2 aromatic rings. The quantitative estimate of drug-likeness (QED) is 0.821. The fraction of sp³-hybridized carbons (Fsp3) is 0.429. The standard InChI is InChI=1S/C14H19NO/c1-5-15-9-12(14(3,4)16)11-8-6-7-10(2)13(11)15/h6-9,16H,5H2,1-4H3. The Bertz CT molecular complexity index is 517. The first-order chi connectivity index (χ1) is 7.45. The van der Waals surface area contributed by atoms with Crippen LogP contribution in [0.4, 0.5) is 0 Å². The van der Waals surface area contributed by atoms with Gasteiger partial charge in [-0.1, -0.05) is 18.2 Å². The molecule has 16 heavy (non-hydrogen) atoms. The molecule has 0 saturated heterocycles. The van der Waals surface area contributed by atoms with Crippen LogP contribution in [0.1, 0.15) is 31.9 Å². The number of nitrogens with zero attached hydrogens (tertiary/aromatic N) is 1. The molecule has 1 heterocycles.